The van der Waals surface area contributed by atoms with Gasteiger partial charge in [-0.3, -0.25) is 0 Å². The molecule has 0 aliphatic heterocycles. The molecule has 0 radical (unpaired) electrons. The number of carbonyl (C=O) groups is 1. The van der Waals surface area contributed by atoms with Gasteiger partial charge in [0.1, 0.15) is 0 Å². The second-order valence-electron chi connectivity index (χ2n) is 2.84. The first-order valence-electron chi connectivity index (χ1n) is 3.57. The zero-order valence-corrected chi connectivity index (χ0v) is 5.72. The molecule has 1 atom stereocenters. The van der Waals surface area contributed by atoms with Crippen LogP contribution in [0, 0.1) is 5.92 Å². The maximum atomic E-state index is 12.4. The smallest absolute Gasteiger partial charge is 0.338 e. The van der Waals surface area contributed by atoms with E-state index in [-0.39, 0.29) is 6.42 Å². The van der Waals surface area contributed by atoms with Crippen molar-refractivity contribution >= 4 is 5.97 Å². The van der Waals surface area contributed by atoms with Gasteiger partial charge in [0.25, 0.3) is 0 Å². The molecule has 1 aliphatic rings. The van der Waals surface area contributed by atoms with Crippen molar-refractivity contribution in [2.75, 3.05) is 0 Å². The first kappa shape index (κ1) is 7.51. The molecule has 0 aromatic rings. The Hall–Kier alpha value is -0.600. The lowest BCUT2D eigenvalue weighted by atomic mass is 9.82. The van der Waals surface area contributed by atoms with Crippen LogP contribution in [0.2, 0.25) is 0 Å². The third-order valence-corrected chi connectivity index (χ3v) is 2.03. The highest BCUT2D eigenvalue weighted by Gasteiger charge is 2.25. The number of halogens is 1. The fraction of sp³-hybridized carbons (Fsp3) is 0.857. The van der Waals surface area contributed by atoms with Crippen LogP contribution in [0.3, 0.4) is 0 Å². The van der Waals surface area contributed by atoms with E-state index in [9.17, 15) is 9.18 Å². The lowest BCUT2D eigenvalue weighted by Crippen LogP contribution is -2.22. The van der Waals surface area contributed by atoms with E-state index in [0.717, 1.165) is 19.3 Å². The summed E-state index contributed by atoms with van der Waals surface area (Å²) in [6.45, 7) is 0. The van der Waals surface area contributed by atoms with E-state index in [1.165, 1.54) is 0 Å². The van der Waals surface area contributed by atoms with Crippen molar-refractivity contribution in [1.82, 2.24) is 0 Å². The van der Waals surface area contributed by atoms with Crippen molar-refractivity contribution in [3.8, 4) is 0 Å². The highest BCUT2D eigenvalue weighted by molar-refractivity contribution is 5.72. The van der Waals surface area contributed by atoms with E-state index in [2.05, 4.69) is 0 Å². The molecular formula is C7H11FO2. The third kappa shape index (κ3) is 1.69. The van der Waals surface area contributed by atoms with Gasteiger partial charge in [-0.25, -0.2) is 9.18 Å². The predicted octanol–water partition coefficient (Wildman–Crippen LogP) is 1.60. The predicted molar refractivity (Wildman–Crippen MR) is 34.5 cm³/mol. The summed E-state index contributed by atoms with van der Waals surface area (Å²) in [5.41, 5.74) is 0. The molecule has 0 bridgehead atoms. The van der Waals surface area contributed by atoms with Crippen LogP contribution in [0.15, 0.2) is 0 Å². The van der Waals surface area contributed by atoms with Crippen LogP contribution in [0.25, 0.3) is 0 Å². The van der Waals surface area contributed by atoms with Gasteiger partial charge in [-0.05, 0) is 12.3 Å². The van der Waals surface area contributed by atoms with E-state index in [1.54, 1.807) is 0 Å². The van der Waals surface area contributed by atoms with Crippen LogP contribution >= 0.6 is 0 Å². The Bertz CT molecular complexity index is 132. The van der Waals surface area contributed by atoms with E-state index in [4.69, 9.17) is 5.11 Å². The first-order valence-corrected chi connectivity index (χ1v) is 3.57. The summed E-state index contributed by atoms with van der Waals surface area (Å²) < 4.78 is 12.4. The van der Waals surface area contributed by atoms with E-state index in [1.807, 2.05) is 0 Å². The summed E-state index contributed by atoms with van der Waals surface area (Å²) in [5, 5.41) is 8.18. The summed E-state index contributed by atoms with van der Waals surface area (Å²) >= 11 is 0. The van der Waals surface area contributed by atoms with Crippen LogP contribution in [0.4, 0.5) is 4.39 Å². The minimum Gasteiger partial charge on any atom is -0.479 e. The Morgan fingerprint density at radius 1 is 1.70 bits per heavy atom. The topological polar surface area (TPSA) is 37.3 Å². The number of aliphatic carboxylic acids is 1. The lowest BCUT2D eigenvalue weighted by Gasteiger charge is -2.25. The van der Waals surface area contributed by atoms with E-state index in [0.29, 0.717) is 5.92 Å². The summed E-state index contributed by atoms with van der Waals surface area (Å²) in [7, 11) is 0. The fourth-order valence-corrected chi connectivity index (χ4v) is 1.12. The Morgan fingerprint density at radius 2 is 2.30 bits per heavy atom. The van der Waals surface area contributed by atoms with Gasteiger partial charge in [-0.15, -0.1) is 0 Å². The Balaban J connectivity index is 2.16. The van der Waals surface area contributed by atoms with Crippen molar-refractivity contribution in [3.05, 3.63) is 0 Å². The Kier molecular flexibility index (Phi) is 2.25. The van der Waals surface area contributed by atoms with Gasteiger partial charge in [0.2, 0.25) is 0 Å². The summed E-state index contributed by atoms with van der Waals surface area (Å²) in [6, 6.07) is 0. The zero-order valence-electron chi connectivity index (χ0n) is 5.72. The number of carboxylic acid groups (broad SMARTS) is 1. The SMILES string of the molecule is O=C(O)C(F)CC1CCC1. The average molecular weight is 146 g/mol. The molecular weight excluding hydrogens is 135 g/mol. The summed E-state index contributed by atoms with van der Waals surface area (Å²) in [6.07, 6.45) is 1.73. The second kappa shape index (κ2) is 2.99. The van der Waals surface area contributed by atoms with Gasteiger partial charge < -0.3 is 5.11 Å². The minimum absolute atomic E-state index is 0.218. The molecule has 1 fully saturated rings. The second-order valence-corrected chi connectivity index (χ2v) is 2.84. The Morgan fingerprint density at radius 3 is 2.60 bits per heavy atom. The molecule has 1 N–H and O–H groups in total. The highest BCUT2D eigenvalue weighted by Crippen LogP contribution is 2.31. The summed E-state index contributed by atoms with van der Waals surface area (Å²) in [4.78, 5) is 10.00. The molecule has 3 heteroatoms. The number of carboxylic acids is 1. The molecule has 58 valence electrons. The third-order valence-electron chi connectivity index (χ3n) is 2.03. The Labute approximate surface area is 59.0 Å². The maximum absolute atomic E-state index is 12.4. The van der Waals surface area contributed by atoms with Gasteiger partial charge in [-0.1, -0.05) is 19.3 Å². The summed E-state index contributed by atoms with van der Waals surface area (Å²) in [5.74, 6) is -0.974. The number of rotatable bonds is 3. The van der Waals surface area contributed by atoms with Gasteiger partial charge in [-0.2, -0.15) is 0 Å². The van der Waals surface area contributed by atoms with Crippen LogP contribution in [-0.2, 0) is 4.79 Å². The van der Waals surface area contributed by atoms with Gasteiger partial charge in [0, 0.05) is 0 Å². The van der Waals surface area contributed by atoms with Crippen molar-refractivity contribution in [2.45, 2.75) is 31.9 Å². The molecule has 1 rings (SSSR count). The van der Waals surface area contributed by atoms with Crippen LogP contribution in [-0.4, -0.2) is 17.2 Å². The molecule has 1 saturated carbocycles. The van der Waals surface area contributed by atoms with Crippen LogP contribution in [0.5, 0.6) is 0 Å². The van der Waals surface area contributed by atoms with Crippen molar-refractivity contribution in [3.63, 3.8) is 0 Å². The standard InChI is InChI=1S/C7H11FO2/c8-6(7(9)10)4-5-2-1-3-5/h5-6H,1-4H2,(H,9,10). The van der Waals surface area contributed by atoms with Gasteiger partial charge in [0.05, 0.1) is 0 Å². The quantitative estimate of drug-likeness (QED) is 0.656. The van der Waals surface area contributed by atoms with E-state index >= 15 is 0 Å². The molecule has 10 heavy (non-hydrogen) atoms. The maximum Gasteiger partial charge on any atom is 0.338 e. The van der Waals surface area contributed by atoms with Crippen LogP contribution in [0.1, 0.15) is 25.7 Å². The van der Waals surface area contributed by atoms with Crippen molar-refractivity contribution in [1.29, 1.82) is 0 Å². The molecule has 1 aliphatic carbocycles. The minimum atomic E-state index is -1.63. The molecule has 0 aromatic carbocycles. The molecule has 0 aromatic heterocycles. The lowest BCUT2D eigenvalue weighted by molar-refractivity contribution is -0.143. The molecule has 1 unspecified atom stereocenters. The molecule has 0 heterocycles. The largest absolute Gasteiger partial charge is 0.479 e. The first-order chi connectivity index (χ1) is 4.70. The number of hydrogen-bond donors (Lipinski definition) is 1. The van der Waals surface area contributed by atoms with Gasteiger partial charge >= 0.3 is 5.97 Å². The molecule has 0 amide bonds. The zero-order chi connectivity index (χ0) is 7.56. The van der Waals surface area contributed by atoms with Crippen molar-refractivity contribution < 1.29 is 14.3 Å². The normalized spacial score (nSPS) is 21.7. The fourth-order valence-electron chi connectivity index (χ4n) is 1.12. The highest BCUT2D eigenvalue weighted by atomic mass is 19.1. The number of hydrogen-bond acceptors (Lipinski definition) is 1. The average Bonchev–Trinajstić information content (AvgIpc) is 1.77. The molecule has 0 spiro atoms. The van der Waals surface area contributed by atoms with Crippen LogP contribution < -0.4 is 0 Å². The molecule has 0 saturated heterocycles. The van der Waals surface area contributed by atoms with Gasteiger partial charge in [0.15, 0.2) is 6.17 Å². The van der Waals surface area contributed by atoms with Crippen molar-refractivity contribution in [2.24, 2.45) is 5.92 Å². The monoisotopic (exact) mass is 146 g/mol. The molecule has 2 nitrogen and oxygen atoms in total. The number of alkyl halides is 1. The van der Waals surface area contributed by atoms with E-state index < -0.39 is 12.1 Å².